The van der Waals surface area contributed by atoms with Gasteiger partial charge in [0.05, 0.1) is 31.3 Å². The van der Waals surface area contributed by atoms with E-state index in [0.717, 1.165) is 24.2 Å². The van der Waals surface area contributed by atoms with E-state index in [1.807, 2.05) is 37.3 Å². The van der Waals surface area contributed by atoms with Gasteiger partial charge in [-0.25, -0.2) is 9.37 Å². The Balaban J connectivity index is 1.58. The van der Waals surface area contributed by atoms with Crippen molar-refractivity contribution in [2.45, 2.75) is 6.92 Å². The van der Waals surface area contributed by atoms with Gasteiger partial charge in [-0.15, -0.1) is 5.10 Å². The summed E-state index contributed by atoms with van der Waals surface area (Å²) in [4.78, 5) is 6.27. The van der Waals surface area contributed by atoms with E-state index in [9.17, 15) is 4.39 Å². The summed E-state index contributed by atoms with van der Waals surface area (Å²) >= 11 is 0. The van der Waals surface area contributed by atoms with Gasteiger partial charge in [0.25, 0.3) is 0 Å². The molecule has 2 aromatic heterocycles. The summed E-state index contributed by atoms with van der Waals surface area (Å²) in [7, 11) is 0. The first-order chi connectivity index (χ1) is 13.2. The Bertz CT molecular complexity index is 926. The fraction of sp³-hybridized carbons (Fsp3) is 0.250. The summed E-state index contributed by atoms with van der Waals surface area (Å²) in [5.41, 5.74) is 3.45. The van der Waals surface area contributed by atoms with Crippen LogP contribution in [0.3, 0.4) is 0 Å². The van der Waals surface area contributed by atoms with E-state index in [2.05, 4.69) is 25.4 Å². The van der Waals surface area contributed by atoms with Crippen LogP contribution in [0.25, 0.3) is 11.1 Å². The number of rotatable bonds is 4. The third kappa shape index (κ3) is 4.03. The smallest absolute Gasteiger partial charge is 0.165 e. The fourth-order valence-electron chi connectivity index (χ4n) is 2.96. The van der Waals surface area contributed by atoms with Gasteiger partial charge in [0, 0.05) is 24.7 Å². The van der Waals surface area contributed by atoms with E-state index in [4.69, 9.17) is 4.74 Å². The first-order valence-electron chi connectivity index (χ1n) is 8.84. The summed E-state index contributed by atoms with van der Waals surface area (Å²) < 4.78 is 19.6. The molecule has 0 spiro atoms. The van der Waals surface area contributed by atoms with E-state index < -0.39 is 5.82 Å². The molecule has 7 heteroatoms. The number of benzene rings is 1. The number of nitrogens with one attached hydrogen (secondary N) is 1. The molecule has 0 aliphatic carbocycles. The molecule has 1 aliphatic rings. The van der Waals surface area contributed by atoms with Crippen molar-refractivity contribution < 1.29 is 9.13 Å². The van der Waals surface area contributed by atoms with Gasteiger partial charge in [-0.05, 0) is 18.6 Å². The van der Waals surface area contributed by atoms with Crippen LogP contribution < -0.4 is 10.2 Å². The van der Waals surface area contributed by atoms with E-state index in [1.54, 1.807) is 12.3 Å². The lowest BCUT2D eigenvalue weighted by atomic mass is 10.1. The lowest BCUT2D eigenvalue weighted by Crippen LogP contribution is -2.36. The second kappa shape index (κ2) is 7.67. The number of nitrogens with zero attached hydrogens (tertiary/aromatic N) is 4. The number of anilines is 3. The molecule has 1 aromatic carbocycles. The highest BCUT2D eigenvalue weighted by Gasteiger charge is 2.15. The molecule has 0 atom stereocenters. The molecule has 3 aromatic rings. The van der Waals surface area contributed by atoms with Crippen molar-refractivity contribution in [1.29, 1.82) is 0 Å². The fourth-order valence-corrected chi connectivity index (χ4v) is 2.96. The normalized spacial score (nSPS) is 14.2. The molecule has 0 amide bonds. The third-order valence-corrected chi connectivity index (χ3v) is 4.48. The van der Waals surface area contributed by atoms with Crippen LogP contribution in [0.15, 0.2) is 48.8 Å². The Morgan fingerprint density at radius 1 is 1.04 bits per heavy atom. The molecule has 0 saturated carbocycles. The summed E-state index contributed by atoms with van der Waals surface area (Å²) in [6, 6.07) is 11.7. The predicted molar refractivity (Wildman–Crippen MR) is 103 cm³/mol. The third-order valence-electron chi connectivity index (χ3n) is 4.48. The number of ether oxygens (including phenoxy) is 1. The zero-order valence-electron chi connectivity index (χ0n) is 15.0. The lowest BCUT2D eigenvalue weighted by molar-refractivity contribution is 0.122. The monoisotopic (exact) mass is 365 g/mol. The Kier molecular flexibility index (Phi) is 4.93. The van der Waals surface area contributed by atoms with Gasteiger partial charge < -0.3 is 15.0 Å². The Hall–Kier alpha value is -3.06. The molecule has 6 nitrogen and oxygen atoms in total. The van der Waals surface area contributed by atoms with Gasteiger partial charge >= 0.3 is 0 Å². The second-order valence-electron chi connectivity index (χ2n) is 6.44. The number of halogens is 1. The van der Waals surface area contributed by atoms with Crippen LogP contribution in [0.2, 0.25) is 0 Å². The van der Waals surface area contributed by atoms with Gasteiger partial charge in [0.1, 0.15) is 5.82 Å². The molecule has 0 bridgehead atoms. The average Bonchev–Trinajstić information content (AvgIpc) is 2.71. The number of pyridine rings is 1. The maximum absolute atomic E-state index is 14.3. The molecule has 0 radical (unpaired) electrons. The summed E-state index contributed by atoms with van der Waals surface area (Å²) in [5, 5.41) is 11.1. The highest BCUT2D eigenvalue weighted by molar-refractivity contribution is 5.68. The summed E-state index contributed by atoms with van der Waals surface area (Å²) in [6.45, 7) is 4.80. The number of hydrogen-bond donors (Lipinski definition) is 1. The van der Waals surface area contributed by atoms with Gasteiger partial charge in [-0.2, -0.15) is 5.10 Å². The minimum atomic E-state index is -0.436. The van der Waals surface area contributed by atoms with Crippen LogP contribution in [-0.2, 0) is 4.74 Å². The van der Waals surface area contributed by atoms with Crippen molar-refractivity contribution in [1.82, 2.24) is 15.2 Å². The van der Waals surface area contributed by atoms with Gasteiger partial charge in [-0.1, -0.05) is 29.8 Å². The van der Waals surface area contributed by atoms with Crippen molar-refractivity contribution in [2.75, 3.05) is 36.5 Å². The molecule has 4 rings (SSSR count). The highest BCUT2D eigenvalue weighted by Crippen LogP contribution is 2.26. The minimum absolute atomic E-state index is 0.321. The van der Waals surface area contributed by atoms with Crippen molar-refractivity contribution in [2.24, 2.45) is 0 Å². The first kappa shape index (κ1) is 17.4. The van der Waals surface area contributed by atoms with Gasteiger partial charge in [0.2, 0.25) is 0 Å². The molecule has 27 heavy (non-hydrogen) atoms. The topological polar surface area (TPSA) is 63.2 Å². The van der Waals surface area contributed by atoms with Crippen molar-refractivity contribution >= 4 is 17.3 Å². The summed E-state index contributed by atoms with van der Waals surface area (Å²) in [6.07, 6.45) is 2.92. The summed E-state index contributed by atoms with van der Waals surface area (Å²) in [5.74, 6) is 0.755. The highest BCUT2D eigenvalue weighted by atomic mass is 19.1. The lowest BCUT2D eigenvalue weighted by Gasteiger charge is -2.28. The first-order valence-corrected chi connectivity index (χ1v) is 8.84. The largest absolute Gasteiger partial charge is 0.378 e. The predicted octanol–water partition coefficient (Wildman–Crippen LogP) is 3.57. The van der Waals surface area contributed by atoms with E-state index in [1.165, 1.54) is 11.8 Å². The van der Waals surface area contributed by atoms with Crippen LogP contribution in [0.1, 0.15) is 5.56 Å². The SMILES string of the molecule is Cc1ccc(-c2cnnc(Nc3cc(N4CCOCC4)ncc3F)c2)cc1. The van der Waals surface area contributed by atoms with E-state index >= 15 is 0 Å². The molecule has 3 heterocycles. The van der Waals surface area contributed by atoms with Crippen LogP contribution >= 0.6 is 0 Å². The Morgan fingerprint density at radius 2 is 1.81 bits per heavy atom. The minimum Gasteiger partial charge on any atom is -0.378 e. The maximum atomic E-state index is 14.3. The number of aromatic nitrogens is 3. The molecule has 1 N–H and O–H groups in total. The van der Waals surface area contributed by atoms with E-state index in [-0.39, 0.29) is 0 Å². The van der Waals surface area contributed by atoms with Crippen LogP contribution in [0, 0.1) is 12.7 Å². The molecule has 138 valence electrons. The molecular weight excluding hydrogens is 345 g/mol. The second-order valence-corrected chi connectivity index (χ2v) is 6.44. The maximum Gasteiger partial charge on any atom is 0.165 e. The van der Waals surface area contributed by atoms with Crippen LogP contribution in [-0.4, -0.2) is 41.5 Å². The van der Waals surface area contributed by atoms with Crippen LogP contribution in [0.4, 0.5) is 21.7 Å². The van der Waals surface area contributed by atoms with E-state index in [0.29, 0.717) is 30.5 Å². The van der Waals surface area contributed by atoms with Crippen molar-refractivity contribution in [3.8, 4) is 11.1 Å². The average molecular weight is 365 g/mol. The number of morpholine rings is 1. The molecule has 1 fully saturated rings. The van der Waals surface area contributed by atoms with Gasteiger partial charge in [0.15, 0.2) is 11.6 Å². The standard InChI is InChI=1S/C20H20FN5O/c1-14-2-4-15(5-3-14)16-10-19(25-23-12-16)24-18-11-20(22-13-17(18)21)26-6-8-27-9-7-26/h2-5,10-13H,6-9H2,1H3,(H,22,24,25). The zero-order valence-corrected chi connectivity index (χ0v) is 15.0. The van der Waals surface area contributed by atoms with Crippen LogP contribution in [0.5, 0.6) is 0 Å². The zero-order chi connectivity index (χ0) is 18.6. The Labute approximate surface area is 157 Å². The molecule has 1 saturated heterocycles. The molecular formula is C20H20FN5O. The Morgan fingerprint density at radius 3 is 2.59 bits per heavy atom. The number of hydrogen-bond acceptors (Lipinski definition) is 6. The molecule has 1 aliphatic heterocycles. The molecule has 0 unspecified atom stereocenters. The van der Waals surface area contributed by atoms with Gasteiger partial charge in [-0.3, -0.25) is 0 Å². The van der Waals surface area contributed by atoms with Crippen molar-refractivity contribution in [3.63, 3.8) is 0 Å². The number of aryl methyl sites for hydroxylation is 1. The quantitative estimate of drug-likeness (QED) is 0.763. The van der Waals surface area contributed by atoms with Crippen molar-refractivity contribution in [3.05, 3.63) is 60.2 Å².